The highest BCUT2D eigenvalue weighted by Gasteiger charge is 2.44. The van der Waals surface area contributed by atoms with Gasteiger partial charge in [0.15, 0.2) is 0 Å². The Hall–Kier alpha value is -2.81. The van der Waals surface area contributed by atoms with Crippen LogP contribution in [0.25, 0.3) is 0 Å². The van der Waals surface area contributed by atoms with E-state index in [9.17, 15) is 9.59 Å². The van der Waals surface area contributed by atoms with Gasteiger partial charge in [-0.2, -0.15) is 0 Å². The molecule has 2 amide bonds. The first kappa shape index (κ1) is 35.5. The maximum Gasteiger partial charge on any atom is 0.227 e. The Bertz CT molecular complexity index is 1310. The van der Waals surface area contributed by atoms with Gasteiger partial charge in [-0.15, -0.1) is 0 Å². The van der Waals surface area contributed by atoms with Crippen LogP contribution in [0.1, 0.15) is 81.3 Å². The van der Waals surface area contributed by atoms with Gasteiger partial charge in [-0.25, -0.2) is 0 Å². The Labute approximate surface area is 287 Å². The van der Waals surface area contributed by atoms with Crippen LogP contribution in [0.2, 0.25) is 5.02 Å². The fourth-order valence-corrected chi connectivity index (χ4v) is 8.36. The SMILES string of the molecule is CCNC.CNC(=O)C1CCN(c2cc(Cl)ccc2C2CCN(C(=O)C3CN(C4CCCCC4)C[C@H]3c3ccc(OC)cc3)C2)CC1. The van der Waals surface area contributed by atoms with E-state index in [-0.39, 0.29) is 29.6 Å². The molecule has 8 nitrogen and oxygen atoms in total. The van der Waals surface area contributed by atoms with Crippen LogP contribution < -0.4 is 20.3 Å². The van der Waals surface area contributed by atoms with Crippen molar-refractivity contribution >= 4 is 29.1 Å². The predicted molar refractivity (Wildman–Crippen MR) is 192 cm³/mol. The molecule has 4 fully saturated rings. The Morgan fingerprint density at radius 3 is 2.23 bits per heavy atom. The molecule has 0 bridgehead atoms. The van der Waals surface area contributed by atoms with Gasteiger partial charge < -0.3 is 25.2 Å². The molecule has 47 heavy (non-hydrogen) atoms. The monoisotopic (exact) mass is 665 g/mol. The van der Waals surface area contributed by atoms with E-state index in [0.29, 0.717) is 11.9 Å². The Kier molecular flexibility index (Phi) is 12.9. The summed E-state index contributed by atoms with van der Waals surface area (Å²) in [6.45, 7) is 8.16. The number of anilines is 1. The minimum absolute atomic E-state index is 0.0255. The van der Waals surface area contributed by atoms with Crippen LogP contribution in [0.4, 0.5) is 5.69 Å². The van der Waals surface area contributed by atoms with Crippen molar-refractivity contribution in [2.45, 2.75) is 76.2 Å². The number of carbonyl (C=O) groups excluding carboxylic acids is 2. The van der Waals surface area contributed by atoms with Gasteiger partial charge >= 0.3 is 0 Å². The molecule has 3 saturated heterocycles. The molecular formula is C38H56ClN5O3. The van der Waals surface area contributed by atoms with Crippen molar-refractivity contribution in [3.63, 3.8) is 0 Å². The highest BCUT2D eigenvalue weighted by atomic mass is 35.5. The fourth-order valence-electron chi connectivity index (χ4n) is 8.19. The first-order valence-electron chi connectivity index (χ1n) is 17.9. The second-order valence-corrected chi connectivity index (χ2v) is 14.2. The number of piperidine rings is 1. The molecule has 0 spiro atoms. The van der Waals surface area contributed by atoms with E-state index in [1.54, 1.807) is 14.2 Å². The molecule has 3 heterocycles. The third-order valence-corrected chi connectivity index (χ3v) is 11.3. The van der Waals surface area contributed by atoms with Gasteiger partial charge in [-0.1, -0.05) is 56.0 Å². The minimum atomic E-state index is -0.0255. The molecule has 3 aliphatic heterocycles. The second-order valence-electron chi connectivity index (χ2n) is 13.8. The summed E-state index contributed by atoms with van der Waals surface area (Å²) < 4.78 is 5.42. The maximum absolute atomic E-state index is 14.3. The number of methoxy groups -OCH3 is 1. The van der Waals surface area contributed by atoms with E-state index in [2.05, 4.69) is 56.5 Å². The Morgan fingerprint density at radius 1 is 0.894 bits per heavy atom. The average molecular weight is 666 g/mol. The molecule has 0 aromatic heterocycles. The smallest absolute Gasteiger partial charge is 0.227 e. The lowest BCUT2D eigenvalue weighted by Crippen LogP contribution is -2.40. The van der Waals surface area contributed by atoms with Crippen molar-refractivity contribution in [3.8, 4) is 5.75 Å². The molecule has 4 aliphatic rings. The molecular weight excluding hydrogens is 610 g/mol. The molecule has 9 heteroatoms. The number of nitrogens with zero attached hydrogens (tertiary/aromatic N) is 3. The van der Waals surface area contributed by atoms with Gasteiger partial charge in [0.1, 0.15) is 5.75 Å². The number of nitrogens with one attached hydrogen (secondary N) is 2. The highest BCUT2D eigenvalue weighted by molar-refractivity contribution is 6.30. The summed E-state index contributed by atoms with van der Waals surface area (Å²) in [5.41, 5.74) is 3.69. The summed E-state index contributed by atoms with van der Waals surface area (Å²) in [5.74, 6) is 1.83. The van der Waals surface area contributed by atoms with E-state index >= 15 is 0 Å². The summed E-state index contributed by atoms with van der Waals surface area (Å²) in [7, 11) is 5.35. The van der Waals surface area contributed by atoms with Crippen molar-refractivity contribution in [1.82, 2.24) is 20.4 Å². The number of amides is 2. The van der Waals surface area contributed by atoms with E-state index in [1.165, 1.54) is 48.9 Å². The number of ether oxygens (including phenoxy) is 1. The topological polar surface area (TPSA) is 77.2 Å². The van der Waals surface area contributed by atoms with Gasteiger partial charge in [0.05, 0.1) is 13.0 Å². The van der Waals surface area contributed by atoms with Gasteiger partial charge in [-0.05, 0) is 81.1 Å². The largest absolute Gasteiger partial charge is 0.497 e. The van der Waals surface area contributed by atoms with Crippen LogP contribution in [0.5, 0.6) is 5.75 Å². The number of carbonyl (C=O) groups is 2. The molecule has 1 aliphatic carbocycles. The number of benzene rings is 2. The van der Waals surface area contributed by atoms with Gasteiger partial charge in [0, 0.05) is 80.8 Å². The zero-order valence-corrected chi connectivity index (χ0v) is 29.7. The average Bonchev–Trinajstić information content (AvgIpc) is 3.80. The first-order valence-corrected chi connectivity index (χ1v) is 18.3. The van der Waals surface area contributed by atoms with Crippen molar-refractivity contribution < 1.29 is 14.3 Å². The third-order valence-electron chi connectivity index (χ3n) is 11.0. The maximum atomic E-state index is 14.3. The zero-order valence-electron chi connectivity index (χ0n) is 29.0. The normalized spacial score (nSPS) is 24.1. The third kappa shape index (κ3) is 8.62. The Morgan fingerprint density at radius 2 is 1.60 bits per heavy atom. The Balaban J connectivity index is 0.00000103. The molecule has 2 N–H and O–H groups in total. The van der Waals surface area contributed by atoms with E-state index in [4.69, 9.17) is 16.3 Å². The van der Waals surface area contributed by atoms with E-state index < -0.39 is 0 Å². The van der Waals surface area contributed by atoms with Crippen molar-refractivity contribution in [3.05, 3.63) is 58.6 Å². The van der Waals surface area contributed by atoms with E-state index in [0.717, 1.165) is 75.8 Å². The molecule has 0 radical (unpaired) electrons. The van der Waals surface area contributed by atoms with Gasteiger partial charge in [0.2, 0.25) is 11.8 Å². The summed E-state index contributed by atoms with van der Waals surface area (Å²) in [4.78, 5) is 33.7. The van der Waals surface area contributed by atoms with Crippen LogP contribution in [-0.4, -0.2) is 94.7 Å². The van der Waals surface area contributed by atoms with Crippen molar-refractivity contribution in [1.29, 1.82) is 0 Å². The quantitative estimate of drug-likeness (QED) is 0.366. The van der Waals surface area contributed by atoms with Crippen LogP contribution in [0, 0.1) is 11.8 Å². The number of rotatable bonds is 8. The summed E-state index contributed by atoms with van der Waals surface area (Å²) in [5, 5.41) is 6.47. The van der Waals surface area contributed by atoms with E-state index in [1.807, 2.05) is 25.2 Å². The lowest BCUT2D eigenvalue weighted by Gasteiger charge is -2.35. The van der Waals surface area contributed by atoms with Crippen LogP contribution in [0.15, 0.2) is 42.5 Å². The number of hydrogen-bond acceptors (Lipinski definition) is 6. The van der Waals surface area contributed by atoms with Crippen molar-refractivity contribution in [2.75, 3.05) is 71.9 Å². The lowest BCUT2D eigenvalue weighted by atomic mass is 9.88. The zero-order chi connectivity index (χ0) is 33.3. The summed E-state index contributed by atoms with van der Waals surface area (Å²) >= 11 is 6.51. The molecule has 1 saturated carbocycles. The molecule has 258 valence electrons. The van der Waals surface area contributed by atoms with Crippen molar-refractivity contribution in [2.24, 2.45) is 11.8 Å². The summed E-state index contributed by atoms with van der Waals surface area (Å²) in [6, 6.07) is 15.2. The van der Waals surface area contributed by atoms with Gasteiger partial charge in [-0.3, -0.25) is 14.5 Å². The molecule has 3 atom stereocenters. The minimum Gasteiger partial charge on any atom is -0.497 e. The van der Waals surface area contributed by atoms with Gasteiger partial charge in [0.25, 0.3) is 0 Å². The fraction of sp³-hybridized carbons (Fsp3) is 0.632. The number of halogens is 1. The summed E-state index contributed by atoms with van der Waals surface area (Å²) in [6.07, 6.45) is 9.08. The number of likely N-dealkylation sites (tertiary alicyclic amines) is 2. The molecule has 6 rings (SSSR count). The highest BCUT2D eigenvalue weighted by Crippen LogP contribution is 2.41. The van der Waals surface area contributed by atoms with Crippen LogP contribution >= 0.6 is 11.6 Å². The van der Waals surface area contributed by atoms with Crippen LogP contribution in [0.3, 0.4) is 0 Å². The lowest BCUT2D eigenvalue weighted by molar-refractivity contribution is -0.134. The van der Waals surface area contributed by atoms with Crippen LogP contribution in [-0.2, 0) is 9.59 Å². The standard InChI is InChI=1S/C35H47ClN4O3.C3H9N/c1-37-34(41)25-14-17-38(18-15-25)33-20-27(36)10-13-30(33)26-16-19-39(21-26)35(42)32-23-40(28-6-4-3-5-7-28)22-31(32)24-8-11-29(43-2)12-9-24;1-3-4-2/h8-13,20,25-26,28,31-32H,3-7,14-19,21-23H2,1-2H3,(H,37,41);4H,3H2,1-2H3/t26?,31-,32?;/m0./s1. The molecule has 2 aromatic rings. The number of hydrogen-bond donors (Lipinski definition) is 2. The molecule has 2 unspecified atom stereocenters. The molecule has 2 aromatic carbocycles. The first-order chi connectivity index (χ1) is 22.9. The predicted octanol–water partition coefficient (Wildman–Crippen LogP) is 5.90. The second kappa shape index (κ2) is 17.0.